The number of anilines is 1. The van der Waals surface area contributed by atoms with E-state index in [0.29, 0.717) is 5.13 Å². The van der Waals surface area contributed by atoms with Gasteiger partial charge in [0, 0.05) is 6.54 Å². The van der Waals surface area contributed by atoms with Crippen LogP contribution < -0.4 is 10.6 Å². The van der Waals surface area contributed by atoms with Crippen molar-refractivity contribution in [1.82, 2.24) is 15.5 Å². The first-order valence-electron chi connectivity index (χ1n) is 5.98. The van der Waals surface area contributed by atoms with Gasteiger partial charge in [-0.1, -0.05) is 18.3 Å². The Morgan fingerprint density at radius 3 is 2.94 bits per heavy atom. The van der Waals surface area contributed by atoms with Gasteiger partial charge in [-0.3, -0.25) is 10.1 Å². The van der Waals surface area contributed by atoms with E-state index in [1.165, 1.54) is 11.3 Å². The summed E-state index contributed by atoms with van der Waals surface area (Å²) in [5, 5.41) is 15.5. The summed E-state index contributed by atoms with van der Waals surface area (Å²) in [4.78, 5) is 12.3. The highest BCUT2D eigenvalue weighted by Crippen LogP contribution is 2.31. The lowest BCUT2D eigenvalue weighted by molar-refractivity contribution is -0.126. The van der Waals surface area contributed by atoms with Gasteiger partial charge in [0.05, 0.1) is 5.41 Å². The molecule has 2 N–H and O–H groups in total. The molecule has 1 atom stereocenters. The van der Waals surface area contributed by atoms with Gasteiger partial charge in [0.25, 0.3) is 0 Å². The molecular formula is C11H18N4OS. The molecule has 1 fully saturated rings. The van der Waals surface area contributed by atoms with Gasteiger partial charge in [-0.25, -0.2) is 0 Å². The van der Waals surface area contributed by atoms with E-state index in [4.69, 9.17) is 0 Å². The van der Waals surface area contributed by atoms with Crippen LogP contribution in [-0.4, -0.2) is 29.2 Å². The Balaban J connectivity index is 2.07. The maximum absolute atomic E-state index is 12.3. The zero-order chi connectivity index (χ0) is 12.3. The smallest absolute Gasteiger partial charge is 0.233 e. The van der Waals surface area contributed by atoms with Crippen LogP contribution in [0, 0.1) is 12.3 Å². The van der Waals surface area contributed by atoms with Crippen molar-refractivity contribution < 1.29 is 4.79 Å². The van der Waals surface area contributed by atoms with Crippen molar-refractivity contribution in [2.45, 2.75) is 33.1 Å². The van der Waals surface area contributed by atoms with Crippen molar-refractivity contribution in [3.63, 3.8) is 0 Å². The van der Waals surface area contributed by atoms with Crippen LogP contribution in [0.2, 0.25) is 0 Å². The number of amides is 1. The molecule has 1 aromatic rings. The van der Waals surface area contributed by atoms with E-state index < -0.39 is 0 Å². The lowest BCUT2D eigenvalue weighted by Gasteiger charge is -2.34. The van der Waals surface area contributed by atoms with Crippen LogP contribution in [0.5, 0.6) is 0 Å². The number of carbonyl (C=O) groups is 1. The third-order valence-corrected chi connectivity index (χ3v) is 4.13. The number of piperidine rings is 1. The number of hydrogen-bond acceptors (Lipinski definition) is 5. The Morgan fingerprint density at radius 2 is 2.41 bits per heavy atom. The van der Waals surface area contributed by atoms with E-state index in [1.54, 1.807) is 0 Å². The van der Waals surface area contributed by atoms with Crippen LogP contribution in [0.4, 0.5) is 5.13 Å². The Hall–Kier alpha value is -1.01. The molecular weight excluding hydrogens is 236 g/mol. The summed E-state index contributed by atoms with van der Waals surface area (Å²) in [7, 11) is 0. The Morgan fingerprint density at radius 1 is 1.59 bits per heavy atom. The number of nitrogens with zero attached hydrogens (tertiary/aromatic N) is 2. The normalized spacial score (nSPS) is 24.6. The van der Waals surface area contributed by atoms with Gasteiger partial charge < -0.3 is 5.32 Å². The predicted molar refractivity (Wildman–Crippen MR) is 68.1 cm³/mol. The highest BCUT2D eigenvalue weighted by molar-refractivity contribution is 7.15. The SMILES string of the molecule is CCC1(C(=O)Nc2nnc(C)s2)CCCNC1. The average Bonchev–Trinajstić information content (AvgIpc) is 2.75. The second-order valence-electron chi connectivity index (χ2n) is 4.49. The van der Waals surface area contributed by atoms with Gasteiger partial charge >= 0.3 is 0 Å². The molecule has 1 unspecified atom stereocenters. The highest BCUT2D eigenvalue weighted by atomic mass is 32.1. The van der Waals surface area contributed by atoms with E-state index in [-0.39, 0.29) is 11.3 Å². The van der Waals surface area contributed by atoms with Crippen LogP contribution in [0.1, 0.15) is 31.2 Å². The van der Waals surface area contributed by atoms with Crippen LogP contribution in [-0.2, 0) is 4.79 Å². The van der Waals surface area contributed by atoms with Gasteiger partial charge in [0.2, 0.25) is 11.0 Å². The summed E-state index contributed by atoms with van der Waals surface area (Å²) in [6.45, 7) is 5.71. The number of rotatable bonds is 3. The van der Waals surface area contributed by atoms with Gasteiger partial charge in [-0.05, 0) is 32.7 Å². The van der Waals surface area contributed by atoms with Crippen LogP contribution in [0.15, 0.2) is 0 Å². The minimum absolute atomic E-state index is 0.0725. The number of carbonyl (C=O) groups excluding carboxylic acids is 1. The second kappa shape index (κ2) is 5.10. The van der Waals surface area contributed by atoms with Gasteiger partial charge in [-0.15, -0.1) is 10.2 Å². The Kier molecular flexibility index (Phi) is 3.73. The van der Waals surface area contributed by atoms with Crippen molar-refractivity contribution in [3.05, 3.63) is 5.01 Å². The molecule has 0 bridgehead atoms. The average molecular weight is 254 g/mol. The van der Waals surface area contributed by atoms with E-state index in [1.807, 2.05) is 6.92 Å². The van der Waals surface area contributed by atoms with E-state index >= 15 is 0 Å². The van der Waals surface area contributed by atoms with Crippen LogP contribution in [0.3, 0.4) is 0 Å². The highest BCUT2D eigenvalue weighted by Gasteiger charge is 2.38. The van der Waals surface area contributed by atoms with Crippen LogP contribution >= 0.6 is 11.3 Å². The number of aryl methyl sites for hydroxylation is 1. The van der Waals surface area contributed by atoms with Crippen molar-refractivity contribution in [3.8, 4) is 0 Å². The van der Waals surface area contributed by atoms with Gasteiger partial charge in [0.15, 0.2) is 0 Å². The summed E-state index contributed by atoms with van der Waals surface area (Å²) >= 11 is 1.41. The molecule has 0 radical (unpaired) electrons. The fourth-order valence-corrected chi connectivity index (χ4v) is 2.79. The quantitative estimate of drug-likeness (QED) is 0.859. The monoisotopic (exact) mass is 254 g/mol. The van der Waals surface area contributed by atoms with Gasteiger partial charge in [-0.2, -0.15) is 0 Å². The predicted octanol–water partition coefficient (Wildman–Crippen LogP) is 1.56. The standard InChI is InChI=1S/C11H18N4OS/c1-3-11(5-4-6-12-7-11)9(16)13-10-15-14-8(2)17-10/h12H,3-7H2,1-2H3,(H,13,15,16). The molecule has 5 nitrogen and oxygen atoms in total. The number of hydrogen-bond donors (Lipinski definition) is 2. The fraction of sp³-hybridized carbons (Fsp3) is 0.727. The molecule has 1 aromatic heterocycles. The zero-order valence-corrected chi connectivity index (χ0v) is 11.1. The van der Waals surface area contributed by atoms with Gasteiger partial charge in [0.1, 0.15) is 5.01 Å². The Labute approximate surface area is 105 Å². The lowest BCUT2D eigenvalue weighted by atomic mass is 9.77. The molecule has 1 aliphatic rings. The molecule has 2 heterocycles. The molecule has 2 rings (SSSR count). The molecule has 0 aliphatic carbocycles. The minimum Gasteiger partial charge on any atom is -0.316 e. The third-order valence-electron chi connectivity index (χ3n) is 3.38. The molecule has 1 aliphatic heterocycles. The Bertz CT molecular complexity index is 398. The molecule has 6 heteroatoms. The first kappa shape index (κ1) is 12.4. The van der Waals surface area contributed by atoms with E-state index in [0.717, 1.165) is 37.4 Å². The van der Waals surface area contributed by atoms with E-state index in [2.05, 4.69) is 27.8 Å². The van der Waals surface area contributed by atoms with Crippen molar-refractivity contribution in [2.24, 2.45) is 5.41 Å². The van der Waals surface area contributed by atoms with E-state index in [9.17, 15) is 4.79 Å². The number of aromatic nitrogens is 2. The third kappa shape index (κ3) is 2.63. The fourth-order valence-electron chi connectivity index (χ4n) is 2.20. The minimum atomic E-state index is -0.280. The van der Waals surface area contributed by atoms with Crippen molar-refractivity contribution in [2.75, 3.05) is 18.4 Å². The summed E-state index contributed by atoms with van der Waals surface area (Å²) in [6.07, 6.45) is 2.85. The van der Waals surface area contributed by atoms with Crippen molar-refractivity contribution >= 4 is 22.4 Å². The first-order chi connectivity index (χ1) is 8.16. The molecule has 94 valence electrons. The maximum Gasteiger partial charge on any atom is 0.233 e. The summed E-state index contributed by atoms with van der Waals surface area (Å²) in [6, 6.07) is 0. The maximum atomic E-state index is 12.3. The zero-order valence-electron chi connectivity index (χ0n) is 10.2. The number of nitrogens with one attached hydrogen (secondary N) is 2. The largest absolute Gasteiger partial charge is 0.316 e. The first-order valence-corrected chi connectivity index (χ1v) is 6.80. The summed E-state index contributed by atoms with van der Waals surface area (Å²) in [5.41, 5.74) is -0.280. The summed E-state index contributed by atoms with van der Waals surface area (Å²) < 4.78 is 0. The molecule has 0 spiro atoms. The van der Waals surface area contributed by atoms with Crippen molar-refractivity contribution in [1.29, 1.82) is 0 Å². The lowest BCUT2D eigenvalue weighted by Crippen LogP contribution is -2.47. The molecule has 1 amide bonds. The molecule has 0 saturated carbocycles. The van der Waals surface area contributed by atoms with Crippen LogP contribution in [0.25, 0.3) is 0 Å². The molecule has 17 heavy (non-hydrogen) atoms. The topological polar surface area (TPSA) is 66.9 Å². The summed E-state index contributed by atoms with van der Waals surface area (Å²) in [5.74, 6) is 0.0725. The molecule has 0 aromatic carbocycles. The molecule has 1 saturated heterocycles. The second-order valence-corrected chi connectivity index (χ2v) is 5.68.